The summed E-state index contributed by atoms with van der Waals surface area (Å²) in [7, 11) is -5.71. The van der Waals surface area contributed by atoms with Crippen LogP contribution < -0.4 is 0 Å². The molecule has 0 aliphatic rings. The second kappa shape index (κ2) is 9.18. The first kappa shape index (κ1) is 24.3. The summed E-state index contributed by atoms with van der Waals surface area (Å²) in [6, 6.07) is 6.52. The van der Waals surface area contributed by atoms with Gasteiger partial charge in [-0.05, 0) is 37.2 Å². The minimum absolute atomic E-state index is 0.0677. The molecule has 1 rings (SSSR count). The van der Waals surface area contributed by atoms with E-state index in [2.05, 4.69) is 33.9 Å². The Morgan fingerprint density at radius 1 is 1.04 bits per heavy atom. The van der Waals surface area contributed by atoms with Crippen molar-refractivity contribution >= 4 is 18.4 Å². The average Bonchev–Trinajstić information content (AvgIpc) is 2.56. The summed E-state index contributed by atoms with van der Waals surface area (Å²) in [5.74, 6) is -0.442. The third kappa shape index (κ3) is 6.98. The number of aliphatic hydroxyl groups is 1. The Labute approximate surface area is 166 Å². The quantitative estimate of drug-likeness (QED) is 0.478. The Bertz CT molecular complexity index is 692. The predicted molar refractivity (Wildman–Crippen MR) is 112 cm³/mol. The molecular weight excluding hydrogens is 380 g/mol. The van der Waals surface area contributed by atoms with E-state index in [-0.39, 0.29) is 28.4 Å². The van der Waals surface area contributed by atoms with Gasteiger partial charge in [-0.15, -0.1) is 0 Å². The molecule has 0 unspecified atom stereocenters. The third-order valence-corrected chi connectivity index (χ3v) is 11.3. The monoisotopic (exact) mass is 416 g/mol. The fourth-order valence-electron chi connectivity index (χ4n) is 2.28. The van der Waals surface area contributed by atoms with Gasteiger partial charge in [0.15, 0.2) is 8.32 Å². The van der Waals surface area contributed by atoms with Crippen molar-refractivity contribution < 1.29 is 22.1 Å². The van der Waals surface area contributed by atoms with Gasteiger partial charge in [-0.2, -0.15) is 8.42 Å². The zero-order chi connectivity index (χ0) is 21.0. The average molecular weight is 417 g/mol. The van der Waals surface area contributed by atoms with Crippen molar-refractivity contribution in [2.75, 3.05) is 13.2 Å². The van der Waals surface area contributed by atoms with Crippen molar-refractivity contribution in [3.05, 3.63) is 29.8 Å². The lowest BCUT2D eigenvalue weighted by Gasteiger charge is -2.37. The van der Waals surface area contributed by atoms with E-state index in [1.165, 1.54) is 12.1 Å². The smallest absolute Gasteiger partial charge is 0.296 e. The first-order chi connectivity index (χ1) is 12.2. The van der Waals surface area contributed by atoms with Gasteiger partial charge in [0.05, 0.1) is 17.6 Å². The topological polar surface area (TPSA) is 72.8 Å². The molecule has 5 nitrogen and oxygen atoms in total. The maximum absolute atomic E-state index is 12.3. The first-order valence-corrected chi connectivity index (χ1v) is 13.8. The molecule has 0 spiro atoms. The largest absolute Gasteiger partial charge is 0.416 e. The second-order valence-corrected chi connectivity index (χ2v) is 15.5. The highest BCUT2D eigenvalue weighted by molar-refractivity contribution is 7.86. The minimum Gasteiger partial charge on any atom is -0.416 e. The number of hydrogen-bond donors (Lipinski definition) is 1. The molecule has 27 heavy (non-hydrogen) atoms. The van der Waals surface area contributed by atoms with Crippen LogP contribution >= 0.6 is 0 Å². The molecule has 0 aliphatic heterocycles. The normalized spacial score (nSPS) is 16.8. The van der Waals surface area contributed by atoms with Crippen molar-refractivity contribution in [2.24, 2.45) is 11.8 Å². The van der Waals surface area contributed by atoms with Crippen molar-refractivity contribution in [1.29, 1.82) is 0 Å². The van der Waals surface area contributed by atoms with E-state index in [9.17, 15) is 13.5 Å². The van der Waals surface area contributed by atoms with Gasteiger partial charge >= 0.3 is 0 Å². The molecule has 156 valence electrons. The lowest BCUT2D eigenvalue weighted by molar-refractivity contribution is 0.0231. The van der Waals surface area contributed by atoms with Crippen LogP contribution in [0.2, 0.25) is 18.1 Å². The molecule has 0 radical (unpaired) electrons. The van der Waals surface area contributed by atoms with Gasteiger partial charge < -0.3 is 9.53 Å². The van der Waals surface area contributed by atoms with Gasteiger partial charge in [0.1, 0.15) is 0 Å². The van der Waals surface area contributed by atoms with Crippen molar-refractivity contribution in [1.82, 2.24) is 0 Å². The van der Waals surface area contributed by atoms with Gasteiger partial charge in [0.2, 0.25) is 0 Å². The van der Waals surface area contributed by atoms with E-state index in [1.807, 2.05) is 13.8 Å². The van der Waals surface area contributed by atoms with Crippen LogP contribution in [0.4, 0.5) is 0 Å². The molecule has 0 amide bonds. The lowest BCUT2D eigenvalue weighted by Crippen LogP contribution is -2.43. The Morgan fingerprint density at radius 2 is 1.52 bits per heavy atom. The molecule has 3 atom stereocenters. The number of rotatable bonds is 9. The molecule has 0 bridgehead atoms. The lowest BCUT2D eigenvalue weighted by atomic mass is 9.95. The fourth-order valence-corrected chi connectivity index (χ4v) is 4.40. The maximum Gasteiger partial charge on any atom is 0.296 e. The van der Waals surface area contributed by atoms with E-state index in [1.54, 1.807) is 19.1 Å². The highest BCUT2D eigenvalue weighted by Gasteiger charge is 2.38. The van der Waals surface area contributed by atoms with Gasteiger partial charge in [0.25, 0.3) is 10.1 Å². The molecule has 1 aromatic carbocycles. The molecule has 0 aliphatic carbocycles. The van der Waals surface area contributed by atoms with Gasteiger partial charge in [-0.25, -0.2) is 0 Å². The summed E-state index contributed by atoms with van der Waals surface area (Å²) in [4.78, 5) is 0.129. The fraction of sp³-hybridized carbons (Fsp3) is 0.700. The highest BCUT2D eigenvalue weighted by Crippen LogP contribution is 2.37. The van der Waals surface area contributed by atoms with Crippen LogP contribution in [0, 0.1) is 18.8 Å². The summed E-state index contributed by atoms with van der Waals surface area (Å²) < 4.78 is 35.9. The molecule has 0 heterocycles. The van der Waals surface area contributed by atoms with Crippen LogP contribution in [0.15, 0.2) is 29.2 Å². The van der Waals surface area contributed by atoms with Crippen molar-refractivity contribution in [2.45, 2.75) is 70.7 Å². The summed E-state index contributed by atoms with van der Waals surface area (Å²) in [5.41, 5.74) is 0.980. The number of hydrogen-bond acceptors (Lipinski definition) is 5. The van der Waals surface area contributed by atoms with Gasteiger partial charge in [-0.3, -0.25) is 4.18 Å². The van der Waals surface area contributed by atoms with Gasteiger partial charge in [-0.1, -0.05) is 52.3 Å². The summed E-state index contributed by atoms with van der Waals surface area (Å²) >= 11 is 0. The minimum atomic E-state index is -3.82. The van der Waals surface area contributed by atoms with Crippen LogP contribution in [-0.4, -0.2) is 41.2 Å². The summed E-state index contributed by atoms with van der Waals surface area (Å²) in [5, 5.41) is 10.7. The van der Waals surface area contributed by atoms with E-state index in [0.29, 0.717) is 6.61 Å². The SMILES string of the molecule is Cc1ccc(S(=O)(=O)OC[C@H](C)[C@H](O)[C@@H](C)CO[Si](C)(C)C(C)(C)C)cc1. The van der Waals surface area contributed by atoms with E-state index < -0.39 is 24.5 Å². The van der Waals surface area contributed by atoms with Crippen LogP contribution in [-0.2, 0) is 18.7 Å². The maximum atomic E-state index is 12.3. The third-order valence-electron chi connectivity index (χ3n) is 5.48. The van der Waals surface area contributed by atoms with Gasteiger partial charge in [0, 0.05) is 18.4 Å². The van der Waals surface area contributed by atoms with Crippen molar-refractivity contribution in [3.8, 4) is 0 Å². The highest BCUT2D eigenvalue weighted by atomic mass is 32.2. The first-order valence-electron chi connectivity index (χ1n) is 9.45. The Balaban J connectivity index is 2.60. The number of benzene rings is 1. The molecule has 0 aromatic heterocycles. The summed E-state index contributed by atoms with van der Waals surface area (Å²) in [6.07, 6.45) is -0.706. The standard InChI is InChI=1S/C20H36O5SSi/c1-15-9-11-18(12-10-15)26(22,23)24-13-16(2)19(21)17(3)14-25-27(7,8)20(4,5)6/h9-12,16-17,19,21H,13-14H2,1-8H3/t16-,17-,19-/m0/s1. The molecule has 1 aromatic rings. The second-order valence-electron chi connectivity index (χ2n) is 9.07. The Kier molecular flexibility index (Phi) is 8.26. The van der Waals surface area contributed by atoms with E-state index in [4.69, 9.17) is 8.61 Å². The van der Waals surface area contributed by atoms with Crippen LogP contribution in [0.1, 0.15) is 40.2 Å². The molecule has 1 N–H and O–H groups in total. The zero-order valence-corrected chi connectivity index (χ0v) is 19.8. The Hall–Kier alpha value is -0.733. The molecule has 0 saturated carbocycles. The predicted octanol–water partition coefficient (Wildman–Crippen LogP) is 4.36. The van der Waals surface area contributed by atoms with Crippen LogP contribution in [0.25, 0.3) is 0 Å². The molecule has 0 saturated heterocycles. The molecular formula is C20H36O5SSi. The molecule has 7 heteroatoms. The number of aryl methyl sites for hydroxylation is 1. The molecule has 0 fully saturated rings. The van der Waals surface area contributed by atoms with Crippen LogP contribution in [0.3, 0.4) is 0 Å². The van der Waals surface area contributed by atoms with E-state index in [0.717, 1.165) is 5.56 Å². The van der Waals surface area contributed by atoms with Crippen LogP contribution in [0.5, 0.6) is 0 Å². The Morgan fingerprint density at radius 3 is 2.00 bits per heavy atom. The zero-order valence-electron chi connectivity index (χ0n) is 17.9. The summed E-state index contributed by atoms with van der Waals surface area (Å²) in [6.45, 7) is 16.9. The van der Waals surface area contributed by atoms with E-state index >= 15 is 0 Å². The van der Waals surface area contributed by atoms with Crippen molar-refractivity contribution in [3.63, 3.8) is 0 Å². The number of aliphatic hydroxyl groups excluding tert-OH is 1.